The highest BCUT2D eigenvalue weighted by molar-refractivity contribution is 6.15. The van der Waals surface area contributed by atoms with Crippen molar-refractivity contribution < 1.29 is 4.79 Å². The summed E-state index contributed by atoms with van der Waals surface area (Å²) in [6.07, 6.45) is 1.64. The first-order valence-electron chi connectivity index (χ1n) is 6.42. The van der Waals surface area contributed by atoms with E-state index in [-0.39, 0.29) is 5.78 Å². The summed E-state index contributed by atoms with van der Waals surface area (Å²) in [6, 6.07) is 13.5. The van der Waals surface area contributed by atoms with Gasteiger partial charge in [-0.25, -0.2) is 0 Å². The van der Waals surface area contributed by atoms with E-state index in [0.717, 1.165) is 10.8 Å². The fraction of sp³-hybridized carbons (Fsp3) is 0.133. The summed E-state index contributed by atoms with van der Waals surface area (Å²) >= 11 is 0. The van der Waals surface area contributed by atoms with Gasteiger partial charge >= 0.3 is 0 Å². The smallest absolute Gasteiger partial charge is 0.215 e. The van der Waals surface area contributed by atoms with Crippen molar-refractivity contribution in [3.05, 3.63) is 59.9 Å². The van der Waals surface area contributed by atoms with Gasteiger partial charge in [-0.1, -0.05) is 47.7 Å². The summed E-state index contributed by atoms with van der Waals surface area (Å²) in [6.45, 7) is 1.01. The number of hydrogen-bond acceptors (Lipinski definition) is 4. The van der Waals surface area contributed by atoms with Crippen LogP contribution in [-0.2, 0) is 6.54 Å². The Hall–Kier alpha value is -2.53. The van der Waals surface area contributed by atoms with Gasteiger partial charge in [0, 0.05) is 12.1 Å². The van der Waals surface area contributed by atoms with Gasteiger partial charge in [0.1, 0.15) is 0 Å². The maximum absolute atomic E-state index is 12.5. The van der Waals surface area contributed by atoms with Crippen molar-refractivity contribution in [3.63, 3.8) is 0 Å². The van der Waals surface area contributed by atoms with Gasteiger partial charge in [-0.3, -0.25) is 9.48 Å². The molecule has 0 aliphatic carbocycles. The summed E-state index contributed by atoms with van der Waals surface area (Å²) in [5.74, 6) is -0.120. The van der Waals surface area contributed by atoms with Crippen molar-refractivity contribution in [2.75, 3.05) is 6.54 Å². The molecule has 0 spiro atoms. The van der Waals surface area contributed by atoms with Crippen LogP contribution in [0.15, 0.2) is 48.7 Å². The van der Waals surface area contributed by atoms with E-state index in [0.29, 0.717) is 24.3 Å². The summed E-state index contributed by atoms with van der Waals surface area (Å²) in [4.78, 5) is 12.5. The number of rotatable bonds is 4. The van der Waals surface area contributed by atoms with Crippen LogP contribution >= 0.6 is 0 Å². The largest absolute Gasteiger partial charge is 0.329 e. The molecule has 0 radical (unpaired) electrons. The molecule has 1 aromatic heterocycles. The number of nitrogens with zero attached hydrogens (tertiary/aromatic N) is 3. The van der Waals surface area contributed by atoms with Crippen LogP contribution in [0.1, 0.15) is 16.1 Å². The molecule has 2 aromatic carbocycles. The Kier molecular flexibility index (Phi) is 3.26. The van der Waals surface area contributed by atoms with Crippen LogP contribution in [0.5, 0.6) is 0 Å². The lowest BCUT2D eigenvalue weighted by atomic mass is 10.0. The first kappa shape index (κ1) is 12.5. The Morgan fingerprint density at radius 2 is 1.95 bits per heavy atom. The van der Waals surface area contributed by atoms with Gasteiger partial charge < -0.3 is 5.73 Å². The number of benzene rings is 2. The Morgan fingerprint density at radius 1 is 1.15 bits per heavy atom. The lowest BCUT2D eigenvalue weighted by molar-refractivity contribution is 0.103. The second kappa shape index (κ2) is 5.22. The van der Waals surface area contributed by atoms with Gasteiger partial charge in [0.15, 0.2) is 5.69 Å². The van der Waals surface area contributed by atoms with Gasteiger partial charge in [0.2, 0.25) is 5.78 Å². The van der Waals surface area contributed by atoms with E-state index >= 15 is 0 Å². The summed E-state index contributed by atoms with van der Waals surface area (Å²) in [5.41, 5.74) is 6.44. The minimum Gasteiger partial charge on any atom is -0.329 e. The Balaban J connectivity index is 2.03. The van der Waals surface area contributed by atoms with Gasteiger partial charge in [-0.15, -0.1) is 5.10 Å². The molecule has 1 heterocycles. The lowest BCUT2D eigenvalue weighted by Crippen LogP contribution is -2.10. The van der Waals surface area contributed by atoms with Gasteiger partial charge in [0.25, 0.3) is 0 Å². The molecule has 3 rings (SSSR count). The quantitative estimate of drug-likeness (QED) is 0.728. The third-order valence-electron chi connectivity index (χ3n) is 3.16. The molecular formula is C15H14N4O. The number of hydrogen-bond donors (Lipinski definition) is 1. The van der Waals surface area contributed by atoms with E-state index in [1.807, 2.05) is 42.5 Å². The highest BCUT2D eigenvalue weighted by Crippen LogP contribution is 2.20. The van der Waals surface area contributed by atoms with Crippen molar-refractivity contribution in [1.29, 1.82) is 0 Å². The zero-order valence-corrected chi connectivity index (χ0v) is 10.9. The third-order valence-corrected chi connectivity index (χ3v) is 3.16. The lowest BCUT2D eigenvalue weighted by Gasteiger charge is -2.03. The Morgan fingerprint density at radius 3 is 2.80 bits per heavy atom. The highest BCUT2D eigenvalue weighted by atomic mass is 16.1. The van der Waals surface area contributed by atoms with Gasteiger partial charge in [0.05, 0.1) is 12.7 Å². The zero-order valence-electron chi connectivity index (χ0n) is 10.9. The number of carbonyl (C=O) groups is 1. The van der Waals surface area contributed by atoms with Gasteiger partial charge in [-0.2, -0.15) is 0 Å². The molecule has 0 aliphatic rings. The predicted molar refractivity (Wildman–Crippen MR) is 76.5 cm³/mol. The molecule has 0 aliphatic heterocycles. The molecule has 0 saturated heterocycles. The van der Waals surface area contributed by atoms with Crippen molar-refractivity contribution in [3.8, 4) is 0 Å². The fourth-order valence-electron chi connectivity index (χ4n) is 2.21. The first-order valence-corrected chi connectivity index (χ1v) is 6.42. The highest BCUT2D eigenvalue weighted by Gasteiger charge is 2.15. The standard InChI is InChI=1S/C15H14N4O/c16-8-9-19-10-14(17-18-19)15(20)13-7-3-5-11-4-1-2-6-12(11)13/h1-7,10H,8-9,16H2. The van der Waals surface area contributed by atoms with Crippen molar-refractivity contribution in [2.45, 2.75) is 6.54 Å². The topological polar surface area (TPSA) is 73.8 Å². The SMILES string of the molecule is NCCn1cc(C(=O)c2cccc3ccccc23)nn1. The summed E-state index contributed by atoms with van der Waals surface area (Å²) in [5, 5.41) is 9.78. The number of nitrogens with two attached hydrogens (primary N) is 1. The molecule has 0 bridgehead atoms. The number of fused-ring (bicyclic) bond motifs is 1. The van der Waals surface area contributed by atoms with E-state index in [9.17, 15) is 4.79 Å². The van der Waals surface area contributed by atoms with E-state index < -0.39 is 0 Å². The molecule has 0 amide bonds. The van der Waals surface area contributed by atoms with Crippen molar-refractivity contribution >= 4 is 16.6 Å². The molecule has 2 N–H and O–H groups in total. The second-order valence-corrected chi connectivity index (χ2v) is 4.51. The maximum Gasteiger partial charge on any atom is 0.215 e. The number of carbonyl (C=O) groups excluding carboxylic acids is 1. The molecular weight excluding hydrogens is 252 g/mol. The van der Waals surface area contributed by atoms with Crippen LogP contribution in [0.2, 0.25) is 0 Å². The molecule has 5 heteroatoms. The van der Waals surface area contributed by atoms with E-state index in [1.165, 1.54) is 0 Å². The maximum atomic E-state index is 12.5. The minimum atomic E-state index is -0.120. The second-order valence-electron chi connectivity index (χ2n) is 4.51. The average molecular weight is 266 g/mol. The van der Waals surface area contributed by atoms with Crippen LogP contribution in [0.4, 0.5) is 0 Å². The molecule has 100 valence electrons. The monoisotopic (exact) mass is 266 g/mol. The number of aromatic nitrogens is 3. The number of ketones is 1. The normalized spacial score (nSPS) is 10.8. The summed E-state index contributed by atoms with van der Waals surface area (Å²) < 4.78 is 1.58. The Bertz CT molecular complexity index is 758. The van der Waals surface area contributed by atoms with E-state index in [4.69, 9.17) is 5.73 Å². The van der Waals surface area contributed by atoms with Crippen molar-refractivity contribution in [2.24, 2.45) is 5.73 Å². The van der Waals surface area contributed by atoms with Crippen LogP contribution in [-0.4, -0.2) is 27.3 Å². The Labute approximate surface area is 116 Å². The molecule has 0 unspecified atom stereocenters. The van der Waals surface area contributed by atoms with Crippen LogP contribution in [0.25, 0.3) is 10.8 Å². The van der Waals surface area contributed by atoms with Crippen molar-refractivity contribution in [1.82, 2.24) is 15.0 Å². The molecule has 0 fully saturated rings. The molecule has 3 aromatic rings. The third kappa shape index (κ3) is 2.19. The molecule has 0 atom stereocenters. The zero-order chi connectivity index (χ0) is 13.9. The molecule has 20 heavy (non-hydrogen) atoms. The predicted octanol–water partition coefficient (Wildman–Crippen LogP) is 1.62. The van der Waals surface area contributed by atoms with Crippen LogP contribution in [0.3, 0.4) is 0 Å². The fourth-order valence-corrected chi connectivity index (χ4v) is 2.21. The molecule has 5 nitrogen and oxygen atoms in total. The van der Waals surface area contributed by atoms with Crippen LogP contribution in [0, 0.1) is 0 Å². The molecule has 0 saturated carbocycles. The van der Waals surface area contributed by atoms with Gasteiger partial charge in [-0.05, 0) is 10.8 Å². The first-order chi connectivity index (χ1) is 9.79. The van der Waals surface area contributed by atoms with E-state index in [1.54, 1.807) is 10.9 Å². The average Bonchev–Trinajstić information content (AvgIpc) is 2.95. The minimum absolute atomic E-state index is 0.120. The summed E-state index contributed by atoms with van der Waals surface area (Å²) in [7, 11) is 0. The van der Waals surface area contributed by atoms with Crippen LogP contribution < -0.4 is 5.73 Å². The van der Waals surface area contributed by atoms with E-state index in [2.05, 4.69) is 10.3 Å².